The molecule has 0 atom stereocenters. The van der Waals surface area contributed by atoms with Crippen molar-refractivity contribution in [2.45, 2.75) is 6.42 Å². The molecule has 4 heteroatoms. The highest BCUT2D eigenvalue weighted by Gasteiger charge is 2.21. The zero-order valence-electron chi connectivity index (χ0n) is 9.60. The summed E-state index contributed by atoms with van der Waals surface area (Å²) in [7, 11) is 1.93. The molecule has 1 aliphatic heterocycles. The van der Waals surface area contributed by atoms with Crippen molar-refractivity contribution in [3.8, 4) is 5.75 Å². The van der Waals surface area contributed by atoms with Crippen LogP contribution in [0.4, 0.5) is 5.69 Å². The first-order valence-corrected chi connectivity index (χ1v) is 5.34. The van der Waals surface area contributed by atoms with Crippen LogP contribution in [0, 0.1) is 0 Å². The first-order chi connectivity index (χ1) is 8.11. The quantitative estimate of drug-likeness (QED) is 0.442. The Morgan fingerprint density at radius 2 is 2.29 bits per heavy atom. The molecule has 0 fully saturated rings. The maximum Gasteiger partial charge on any atom is 0.335 e. The van der Waals surface area contributed by atoms with E-state index in [1.54, 1.807) is 18.2 Å². The fraction of sp³-hybridized carbons (Fsp3) is 0.231. The number of esters is 1. The van der Waals surface area contributed by atoms with E-state index < -0.39 is 5.97 Å². The van der Waals surface area contributed by atoms with Crippen LogP contribution in [0.3, 0.4) is 0 Å². The number of carbonyl (C=O) groups excluding carboxylic acids is 2. The first-order valence-electron chi connectivity index (χ1n) is 5.34. The highest BCUT2D eigenvalue weighted by molar-refractivity contribution is 6.03. The number of benzene rings is 1. The van der Waals surface area contributed by atoms with E-state index in [2.05, 4.69) is 6.58 Å². The van der Waals surface area contributed by atoms with Crippen LogP contribution < -0.4 is 9.64 Å². The van der Waals surface area contributed by atoms with Crippen LogP contribution in [0.1, 0.15) is 16.8 Å². The summed E-state index contributed by atoms with van der Waals surface area (Å²) < 4.78 is 4.99. The SMILES string of the molecule is C=CC(=O)Oc1ccc2c(c1)C(=O)CCN2C. The van der Waals surface area contributed by atoms with Crippen molar-refractivity contribution in [2.24, 2.45) is 0 Å². The van der Waals surface area contributed by atoms with E-state index in [0.29, 0.717) is 17.7 Å². The number of Topliss-reactive ketones (excluding diaryl/α,β-unsaturated/α-hetero) is 1. The zero-order chi connectivity index (χ0) is 12.4. The second-order valence-electron chi connectivity index (χ2n) is 3.90. The van der Waals surface area contributed by atoms with E-state index >= 15 is 0 Å². The predicted molar refractivity (Wildman–Crippen MR) is 64.5 cm³/mol. The number of fused-ring (bicyclic) bond motifs is 1. The summed E-state index contributed by atoms with van der Waals surface area (Å²) >= 11 is 0. The highest BCUT2D eigenvalue weighted by atomic mass is 16.5. The van der Waals surface area contributed by atoms with Gasteiger partial charge >= 0.3 is 5.97 Å². The van der Waals surface area contributed by atoms with E-state index in [-0.39, 0.29) is 5.78 Å². The number of hydrogen-bond acceptors (Lipinski definition) is 4. The van der Waals surface area contributed by atoms with Crippen molar-refractivity contribution >= 4 is 17.4 Å². The molecule has 1 aromatic rings. The molecule has 0 aliphatic carbocycles. The summed E-state index contributed by atoms with van der Waals surface area (Å²) in [5, 5.41) is 0. The smallest absolute Gasteiger partial charge is 0.335 e. The number of carbonyl (C=O) groups is 2. The lowest BCUT2D eigenvalue weighted by Gasteiger charge is -2.26. The molecule has 2 rings (SSSR count). The van der Waals surface area contributed by atoms with E-state index in [1.807, 2.05) is 11.9 Å². The Morgan fingerprint density at radius 1 is 1.53 bits per heavy atom. The molecule has 88 valence electrons. The van der Waals surface area contributed by atoms with Crippen molar-refractivity contribution in [3.05, 3.63) is 36.4 Å². The third-order valence-electron chi connectivity index (χ3n) is 2.74. The molecule has 1 aromatic carbocycles. The van der Waals surface area contributed by atoms with E-state index in [4.69, 9.17) is 4.74 Å². The lowest BCUT2D eigenvalue weighted by molar-refractivity contribution is -0.128. The summed E-state index contributed by atoms with van der Waals surface area (Å²) in [6.45, 7) is 4.04. The Hall–Kier alpha value is -2.10. The molecule has 0 aromatic heterocycles. The third-order valence-corrected chi connectivity index (χ3v) is 2.74. The van der Waals surface area contributed by atoms with Crippen LogP contribution in [0.15, 0.2) is 30.9 Å². The molecular weight excluding hydrogens is 218 g/mol. The van der Waals surface area contributed by atoms with Crippen LogP contribution in [0.5, 0.6) is 5.75 Å². The van der Waals surface area contributed by atoms with Gasteiger partial charge in [-0.15, -0.1) is 0 Å². The Balaban J connectivity index is 2.35. The molecule has 17 heavy (non-hydrogen) atoms. The summed E-state index contributed by atoms with van der Waals surface area (Å²) in [5.74, 6) is -0.0755. The molecule has 4 nitrogen and oxygen atoms in total. The van der Waals surface area contributed by atoms with Crippen LogP contribution in [-0.2, 0) is 4.79 Å². The number of ether oxygens (including phenoxy) is 1. The Bertz CT molecular complexity index is 493. The normalized spacial score (nSPS) is 14.2. The van der Waals surface area contributed by atoms with Gasteiger partial charge in [0, 0.05) is 37.3 Å². The predicted octanol–water partition coefficient (Wildman–Crippen LogP) is 1.80. The van der Waals surface area contributed by atoms with E-state index in [9.17, 15) is 9.59 Å². The fourth-order valence-electron chi connectivity index (χ4n) is 1.82. The minimum atomic E-state index is -0.526. The second kappa shape index (κ2) is 4.41. The number of ketones is 1. The molecule has 0 unspecified atom stereocenters. The van der Waals surface area contributed by atoms with Crippen molar-refractivity contribution in [3.63, 3.8) is 0 Å². The molecule has 0 bridgehead atoms. The first kappa shape index (κ1) is 11.4. The molecular formula is C13H13NO3. The van der Waals surface area contributed by atoms with Gasteiger partial charge in [-0.3, -0.25) is 4.79 Å². The van der Waals surface area contributed by atoms with Crippen molar-refractivity contribution < 1.29 is 14.3 Å². The van der Waals surface area contributed by atoms with Crippen LogP contribution in [0.2, 0.25) is 0 Å². The molecule has 0 spiro atoms. The molecule has 1 heterocycles. The van der Waals surface area contributed by atoms with Gasteiger partial charge in [0.25, 0.3) is 0 Å². The molecule has 0 radical (unpaired) electrons. The van der Waals surface area contributed by atoms with Crippen molar-refractivity contribution in [1.29, 1.82) is 0 Å². The Labute approximate surface area is 99.5 Å². The maximum absolute atomic E-state index is 11.8. The zero-order valence-corrected chi connectivity index (χ0v) is 9.60. The van der Waals surface area contributed by atoms with Gasteiger partial charge in [-0.2, -0.15) is 0 Å². The number of rotatable bonds is 2. The minimum Gasteiger partial charge on any atom is -0.423 e. The summed E-state index contributed by atoms with van der Waals surface area (Å²) in [5.41, 5.74) is 1.48. The number of hydrogen-bond donors (Lipinski definition) is 0. The van der Waals surface area contributed by atoms with Gasteiger partial charge in [0.05, 0.1) is 0 Å². The fourth-order valence-corrected chi connectivity index (χ4v) is 1.82. The van der Waals surface area contributed by atoms with Crippen LogP contribution >= 0.6 is 0 Å². The van der Waals surface area contributed by atoms with E-state index in [0.717, 1.165) is 18.3 Å². The van der Waals surface area contributed by atoms with Gasteiger partial charge < -0.3 is 9.64 Å². The van der Waals surface area contributed by atoms with Gasteiger partial charge in [0.2, 0.25) is 0 Å². The molecule has 0 amide bonds. The molecule has 1 aliphatic rings. The second-order valence-corrected chi connectivity index (χ2v) is 3.90. The average molecular weight is 231 g/mol. The summed E-state index contributed by atoms with van der Waals surface area (Å²) in [6.07, 6.45) is 1.58. The maximum atomic E-state index is 11.8. The van der Waals surface area contributed by atoms with Gasteiger partial charge in [0.15, 0.2) is 5.78 Å². The summed E-state index contributed by atoms with van der Waals surface area (Å²) in [6, 6.07) is 5.07. The van der Waals surface area contributed by atoms with E-state index in [1.165, 1.54) is 0 Å². The topological polar surface area (TPSA) is 46.6 Å². The van der Waals surface area contributed by atoms with Gasteiger partial charge in [-0.05, 0) is 18.2 Å². The standard InChI is InChI=1S/C13H13NO3/c1-3-13(16)17-9-4-5-11-10(8-9)12(15)6-7-14(11)2/h3-5,8H,1,6-7H2,2H3. The molecule has 0 saturated heterocycles. The highest BCUT2D eigenvalue weighted by Crippen LogP contribution is 2.29. The van der Waals surface area contributed by atoms with Gasteiger partial charge in [0.1, 0.15) is 5.75 Å². The molecule has 0 N–H and O–H groups in total. The lowest BCUT2D eigenvalue weighted by Crippen LogP contribution is -2.28. The van der Waals surface area contributed by atoms with Crippen LogP contribution in [0.25, 0.3) is 0 Å². The Kier molecular flexibility index (Phi) is 2.95. The lowest BCUT2D eigenvalue weighted by atomic mass is 10.0. The number of anilines is 1. The third kappa shape index (κ3) is 2.20. The van der Waals surface area contributed by atoms with Crippen molar-refractivity contribution in [1.82, 2.24) is 0 Å². The average Bonchev–Trinajstić information content (AvgIpc) is 2.34. The van der Waals surface area contributed by atoms with Crippen molar-refractivity contribution in [2.75, 3.05) is 18.5 Å². The van der Waals surface area contributed by atoms with Gasteiger partial charge in [-0.1, -0.05) is 6.58 Å². The monoisotopic (exact) mass is 231 g/mol. The summed E-state index contributed by atoms with van der Waals surface area (Å²) in [4.78, 5) is 24.8. The largest absolute Gasteiger partial charge is 0.423 e. The van der Waals surface area contributed by atoms with Gasteiger partial charge in [-0.25, -0.2) is 4.79 Å². The minimum absolute atomic E-state index is 0.0783. The number of nitrogens with zero attached hydrogens (tertiary/aromatic N) is 1. The Morgan fingerprint density at radius 3 is 3.00 bits per heavy atom. The molecule has 0 saturated carbocycles. The van der Waals surface area contributed by atoms with Crippen LogP contribution in [-0.4, -0.2) is 25.3 Å².